The van der Waals surface area contributed by atoms with E-state index >= 15 is 0 Å². The van der Waals surface area contributed by atoms with Gasteiger partial charge in [0.15, 0.2) is 0 Å². The van der Waals surface area contributed by atoms with Gasteiger partial charge in [0.05, 0.1) is 24.1 Å². The highest BCUT2D eigenvalue weighted by Crippen LogP contribution is 2.41. The van der Waals surface area contributed by atoms with E-state index in [1.165, 1.54) is 11.0 Å². The Morgan fingerprint density at radius 3 is 2.73 bits per heavy atom. The van der Waals surface area contributed by atoms with Gasteiger partial charge in [-0.05, 0) is 42.9 Å². The first-order chi connectivity index (χ1) is 14.6. The number of carbonyl (C=O) groups is 2. The maximum atomic E-state index is 13.4. The largest absolute Gasteiger partial charge is 0.501 e. The number of aliphatic hydroxyl groups is 1. The van der Waals surface area contributed by atoms with E-state index < -0.39 is 0 Å². The summed E-state index contributed by atoms with van der Waals surface area (Å²) in [6.07, 6.45) is 8.11. The Balaban J connectivity index is 1.59. The van der Waals surface area contributed by atoms with Gasteiger partial charge in [-0.15, -0.1) is 0 Å². The number of hydrogen-bond acceptors (Lipinski definition) is 4. The molecule has 1 N–H and O–H groups in total. The maximum Gasteiger partial charge on any atom is 0.265 e. The molecule has 0 radical (unpaired) electrons. The molecule has 3 aliphatic rings. The second-order valence-corrected chi connectivity index (χ2v) is 8.07. The van der Waals surface area contributed by atoms with E-state index in [9.17, 15) is 14.7 Å². The first kappa shape index (κ1) is 18.9. The lowest BCUT2D eigenvalue weighted by molar-refractivity contribution is -0.120. The number of aryl methyl sites for hydroxylation is 1. The van der Waals surface area contributed by atoms with E-state index in [2.05, 4.69) is 4.57 Å². The van der Waals surface area contributed by atoms with E-state index in [0.29, 0.717) is 30.5 Å². The molecule has 30 heavy (non-hydrogen) atoms. The van der Waals surface area contributed by atoms with Crippen LogP contribution in [0.1, 0.15) is 25.0 Å². The van der Waals surface area contributed by atoms with Crippen molar-refractivity contribution in [2.45, 2.75) is 32.2 Å². The summed E-state index contributed by atoms with van der Waals surface area (Å²) in [5.41, 5.74) is 3.98. The third-order valence-electron chi connectivity index (χ3n) is 6.41. The molecule has 0 bridgehead atoms. The average Bonchev–Trinajstić information content (AvgIpc) is 3.26. The van der Waals surface area contributed by atoms with Crippen LogP contribution in [0.5, 0.6) is 0 Å². The number of methoxy groups -OCH3 is 1. The van der Waals surface area contributed by atoms with Gasteiger partial charge in [-0.2, -0.15) is 0 Å². The number of carbonyl (C=O) groups excluding carboxylic acids is 2. The Morgan fingerprint density at radius 2 is 2.00 bits per heavy atom. The first-order valence-electron chi connectivity index (χ1n) is 10.4. The maximum absolute atomic E-state index is 13.4. The van der Waals surface area contributed by atoms with E-state index in [-0.39, 0.29) is 24.3 Å². The lowest BCUT2D eigenvalue weighted by atomic mass is 9.95. The predicted molar refractivity (Wildman–Crippen MR) is 114 cm³/mol. The molecule has 2 aromatic rings. The number of nitrogens with zero attached hydrogens (tertiary/aromatic N) is 2. The van der Waals surface area contributed by atoms with Crippen molar-refractivity contribution in [3.8, 4) is 0 Å². The summed E-state index contributed by atoms with van der Waals surface area (Å²) in [6.45, 7) is 0.876. The Kier molecular flexibility index (Phi) is 4.59. The molecule has 3 heterocycles. The van der Waals surface area contributed by atoms with Crippen LogP contribution in [0.3, 0.4) is 0 Å². The van der Waals surface area contributed by atoms with Gasteiger partial charge < -0.3 is 14.4 Å². The molecular formula is C24H24N2O4. The number of aliphatic hydroxyl groups excluding tert-OH is 1. The molecule has 1 aromatic heterocycles. The van der Waals surface area contributed by atoms with Crippen molar-refractivity contribution >= 4 is 28.4 Å². The van der Waals surface area contributed by atoms with Crippen LogP contribution in [-0.2, 0) is 27.3 Å². The molecule has 6 nitrogen and oxygen atoms in total. The van der Waals surface area contributed by atoms with E-state index in [1.54, 1.807) is 7.11 Å². The van der Waals surface area contributed by atoms with Gasteiger partial charge in [-0.3, -0.25) is 9.59 Å². The number of para-hydroxylation sites is 1. The standard InChI is InChI=1S/C24H24N2O4/c1-30-17-8-6-16(7-9-17)19-13-22(28)26(24(19)29)23-18-4-2-3-5-20(18)25-11-10-15(14-27)12-21(23)25/h2-6,8,13,15,27H,7,9-12,14H2,1H3. The SMILES string of the molecule is COC1=CC=C(C2=CC(=O)N(c3c4n(c5ccccc35)CCC(CO)C4)C2=O)CC1. The average molecular weight is 404 g/mol. The van der Waals surface area contributed by atoms with Crippen LogP contribution in [-0.4, -0.2) is 35.2 Å². The van der Waals surface area contributed by atoms with Crippen molar-refractivity contribution in [1.82, 2.24) is 4.57 Å². The second kappa shape index (κ2) is 7.29. The van der Waals surface area contributed by atoms with Crippen LogP contribution in [0.2, 0.25) is 0 Å². The van der Waals surface area contributed by atoms with E-state index in [0.717, 1.165) is 40.9 Å². The van der Waals surface area contributed by atoms with Crippen molar-refractivity contribution in [3.05, 3.63) is 65.1 Å². The number of anilines is 1. The Hall–Kier alpha value is -3.12. The molecule has 0 fully saturated rings. The molecule has 5 rings (SSSR count). The highest BCUT2D eigenvalue weighted by atomic mass is 16.5. The summed E-state index contributed by atoms with van der Waals surface area (Å²) in [4.78, 5) is 27.8. The van der Waals surface area contributed by atoms with Crippen molar-refractivity contribution < 1.29 is 19.4 Å². The Bertz CT molecular complexity index is 1150. The normalized spacial score (nSPS) is 21.5. The number of amides is 2. The van der Waals surface area contributed by atoms with Crippen molar-refractivity contribution in [2.24, 2.45) is 5.92 Å². The molecule has 6 heteroatoms. The lowest BCUT2D eigenvalue weighted by Crippen LogP contribution is -2.33. The summed E-state index contributed by atoms with van der Waals surface area (Å²) in [5, 5.41) is 10.6. The summed E-state index contributed by atoms with van der Waals surface area (Å²) in [6, 6.07) is 7.90. The van der Waals surface area contributed by atoms with Gasteiger partial charge in [0.2, 0.25) is 0 Å². The number of hydrogen-bond donors (Lipinski definition) is 1. The zero-order valence-corrected chi connectivity index (χ0v) is 16.9. The number of rotatable bonds is 4. The zero-order valence-electron chi connectivity index (χ0n) is 16.9. The van der Waals surface area contributed by atoms with E-state index in [4.69, 9.17) is 4.74 Å². The first-order valence-corrected chi connectivity index (χ1v) is 10.4. The fourth-order valence-electron chi connectivity index (χ4n) is 4.82. The highest BCUT2D eigenvalue weighted by molar-refractivity contribution is 6.34. The van der Waals surface area contributed by atoms with Crippen molar-refractivity contribution in [1.29, 1.82) is 0 Å². The fraction of sp³-hybridized carbons (Fsp3) is 0.333. The summed E-state index contributed by atoms with van der Waals surface area (Å²) in [7, 11) is 1.64. The van der Waals surface area contributed by atoms with Gasteiger partial charge in [0.1, 0.15) is 0 Å². The number of allylic oxidation sites excluding steroid dienone is 3. The molecular weight excluding hydrogens is 380 g/mol. The molecule has 1 unspecified atom stereocenters. The van der Waals surface area contributed by atoms with Gasteiger partial charge >= 0.3 is 0 Å². The van der Waals surface area contributed by atoms with Crippen LogP contribution in [0, 0.1) is 5.92 Å². The van der Waals surface area contributed by atoms with Gasteiger partial charge in [0, 0.05) is 42.3 Å². The third kappa shape index (κ3) is 2.82. The van der Waals surface area contributed by atoms with Crippen LogP contribution >= 0.6 is 0 Å². The van der Waals surface area contributed by atoms with E-state index in [1.807, 2.05) is 36.4 Å². The number of imide groups is 1. The molecule has 1 atom stereocenters. The fourth-order valence-corrected chi connectivity index (χ4v) is 4.82. The minimum absolute atomic E-state index is 0.105. The van der Waals surface area contributed by atoms with Crippen LogP contribution in [0.25, 0.3) is 10.9 Å². The van der Waals surface area contributed by atoms with Crippen LogP contribution in [0.4, 0.5) is 5.69 Å². The molecule has 0 saturated carbocycles. The number of benzene rings is 1. The molecule has 2 amide bonds. The number of fused-ring (bicyclic) bond motifs is 3. The van der Waals surface area contributed by atoms with Gasteiger partial charge in [-0.1, -0.05) is 24.3 Å². The molecule has 0 saturated heterocycles. The highest BCUT2D eigenvalue weighted by Gasteiger charge is 2.38. The number of aromatic nitrogens is 1. The summed E-state index contributed by atoms with van der Waals surface area (Å²) in [5.74, 6) is 0.434. The van der Waals surface area contributed by atoms with Gasteiger partial charge in [0.25, 0.3) is 11.8 Å². The molecule has 0 spiro atoms. The number of ether oxygens (including phenoxy) is 1. The van der Waals surface area contributed by atoms with Crippen molar-refractivity contribution in [2.75, 3.05) is 18.6 Å². The lowest BCUT2D eigenvalue weighted by Gasteiger charge is -2.26. The van der Waals surface area contributed by atoms with Crippen molar-refractivity contribution in [3.63, 3.8) is 0 Å². The minimum atomic E-state index is -0.303. The minimum Gasteiger partial charge on any atom is -0.501 e. The quantitative estimate of drug-likeness (QED) is 0.794. The Morgan fingerprint density at radius 1 is 1.17 bits per heavy atom. The predicted octanol–water partition coefficient (Wildman–Crippen LogP) is 3.25. The smallest absolute Gasteiger partial charge is 0.265 e. The summed E-state index contributed by atoms with van der Waals surface area (Å²) < 4.78 is 7.47. The van der Waals surface area contributed by atoms with Crippen LogP contribution in [0.15, 0.2) is 59.4 Å². The second-order valence-electron chi connectivity index (χ2n) is 8.07. The van der Waals surface area contributed by atoms with Gasteiger partial charge in [-0.25, -0.2) is 4.90 Å². The molecule has 2 aliphatic heterocycles. The zero-order chi connectivity index (χ0) is 20.8. The monoisotopic (exact) mass is 404 g/mol. The topological polar surface area (TPSA) is 71.8 Å². The Labute approximate surface area is 174 Å². The third-order valence-corrected chi connectivity index (χ3v) is 6.41. The molecule has 1 aromatic carbocycles. The molecule has 1 aliphatic carbocycles. The van der Waals surface area contributed by atoms with Crippen LogP contribution < -0.4 is 4.90 Å². The molecule has 154 valence electrons. The summed E-state index contributed by atoms with van der Waals surface area (Å²) >= 11 is 0.